The predicted molar refractivity (Wildman–Crippen MR) is 71.6 cm³/mol. The van der Waals surface area contributed by atoms with Gasteiger partial charge in [-0.15, -0.1) is 0 Å². The number of nitrogens with zero attached hydrogens (tertiary/aromatic N) is 3. The molecule has 1 fully saturated rings. The van der Waals surface area contributed by atoms with E-state index in [-0.39, 0.29) is 0 Å². The average Bonchev–Trinajstić information content (AvgIpc) is 3.17. The lowest BCUT2D eigenvalue weighted by Gasteiger charge is -2.08. The van der Waals surface area contributed by atoms with Crippen LogP contribution in [0.3, 0.4) is 0 Å². The number of hydrogen-bond acceptors (Lipinski definition) is 4. The van der Waals surface area contributed by atoms with E-state index in [0.717, 1.165) is 25.3 Å². The van der Waals surface area contributed by atoms with Crippen molar-refractivity contribution in [3.8, 4) is 0 Å². The van der Waals surface area contributed by atoms with Gasteiger partial charge >= 0.3 is 0 Å². The van der Waals surface area contributed by atoms with E-state index in [9.17, 15) is 0 Å². The van der Waals surface area contributed by atoms with E-state index in [4.69, 9.17) is 9.97 Å². The number of rotatable bonds is 3. The molecule has 0 atom stereocenters. The standard InChI is InChI=1S/C15H16N4/c1-2-10(7-16-5-1)6-14-18-13-9-17-8-12(13)15(19-14)11-3-4-11/h1-2,5,7,11,17H,3-4,6,8-9H2. The highest BCUT2D eigenvalue weighted by Gasteiger charge is 2.31. The minimum Gasteiger partial charge on any atom is -0.307 e. The summed E-state index contributed by atoms with van der Waals surface area (Å²) in [4.78, 5) is 13.7. The van der Waals surface area contributed by atoms with Crippen molar-refractivity contribution in [2.45, 2.75) is 38.3 Å². The Morgan fingerprint density at radius 2 is 2.16 bits per heavy atom. The van der Waals surface area contributed by atoms with Crippen molar-refractivity contribution in [1.29, 1.82) is 0 Å². The van der Waals surface area contributed by atoms with Crippen molar-refractivity contribution in [2.24, 2.45) is 0 Å². The third kappa shape index (κ3) is 2.12. The first-order chi connectivity index (χ1) is 9.40. The molecule has 0 unspecified atom stereocenters. The second-order valence-corrected chi connectivity index (χ2v) is 5.37. The Labute approximate surface area is 112 Å². The first-order valence-electron chi connectivity index (χ1n) is 6.88. The molecule has 4 nitrogen and oxygen atoms in total. The molecular formula is C15H16N4. The molecule has 0 bridgehead atoms. The number of pyridine rings is 1. The Morgan fingerprint density at radius 3 is 2.95 bits per heavy atom. The van der Waals surface area contributed by atoms with Crippen LogP contribution >= 0.6 is 0 Å². The van der Waals surface area contributed by atoms with E-state index in [1.807, 2.05) is 12.3 Å². The first kappa shape index (κ1) is 11.1. The molecule has 96 valence electrons. The summed E-state index contributed by atoms with van der Waals surface area (Å²) in [6.45, 7) is 1.83. The summed E-state index contributed by atoms with van der Waals surface area (Å²) in [5.41, 5.74) is 5.04. The molecule has 1 aliphatic carbocycles. The van der Waals surface area contributed by atoms with Crippen molar-refractivity contribution >= 4 is 0 Å². The van der Waals surface area contributed by atoms with Crippen LogP contribution in [0.1, 0.15) is 47.1 Å². The van der Waals surface area contributed by atoms with Crippen molar-refractivity contribution in [3.05, 3.63) is 52.9 Å². The zero-order valence-corrected chi connectivity index (χ0v) is 10.8. The molecule has 19 heavy (non-hydrogen) atoms. The fourth-order valence-corrected chi connectivity index (χ4v) is 2.71. The third-order valence-corrected chi connectivity index (χ3v) is 3.81. The molecule has 2 aliphatic rings. The SMILES string of the molecule is c1cncc(Cc2nc3c(c(C4CC4)n2)CNC3)c1. The maximum absolute atomic E-state index is 4.82. The van der Waals surface area contributed by atoms with Gasteiger partial charge in [0.05, 0.1) is 11.4 Å². The lowest BCUT2D eigenvalue weighted by Crippen LogP contribution is -2.06. The third-order valence-electron chi connectivity index (χ3n) is 3.81. The summed E-state index contributed by atoms with van der Waals surface area (Å²) in [6.07, 6.45) is 7.05. The zero-order valence-electron chi connectivity index (χ0n) is 10.8. The molecular weight excluding hydrogens is 236 g/mol. The lowest BCUT2D eigenvalue weighted by atomic mass is 10.1. The van der Waals surface area contributed by atoms with Crippen molar-refractivity contribution < 1.29 is 0 Å². The molecule has 3 heterocycles. The first-order valence-corrected chi connectivity index (χ1v) is 6.88. The van der Waals surface area contributed by atoms with Gasteiger partial charge in [0.25, 0.3) is 0 Å². The van der Waals surface area contributed by atoms with Crippen LogP contribution in [0.5, 0.6) is 0 Å². The molecule has 1 N–H and O–H groups in total. The summed E-state index contributed by atoms with van der Waals surface area (Å²) in [7, 11) is 0. The Kier molecular flexibility index (Phi) is 2.55. The molecule has 0 aromatic carbocycles. The van der Waals surface area contributed by atoms with E-state index in [2.05, 4.69) is 16.4 Å². The Bertz CT molecular complexity index is 605. The topological polar surface area (TPSA) is 50.7 Å². The minimum absolute atomic E-state index is 0.685. The molecule has 0 spiro atoms. The average molecular weight is 252 g/mol. The van der Waals surface area contributed by atoms with Crippen LogP contribution < -0.4 is 5.32 Å². The van der Waals surface area contributed by atoms with E-state index in [1.165, 1.54) is 35.4 Å². The molecule has 2 aromatic rings. The Hall–Kier alpha value is -1.81. The molecule has 1 saturated carbocycles. The van der Waals surface area contributed by atoms with Gasteiger partial charge in [-0.1, -0.05) is 6.07 Å². The molecule has 0 amide bonds. The van der Waals surface area contributed by atoms with Gasteiger partial charge in [0.1, 0.15) is 5.82 Å². The summed E-state index contributed by atoms with van der Waals surface area (Å²) >= 11 is 0. The maximum Gasteiger partial charge on any atom is 0.133 e. The van der Waals surface area contributed by atoms with Crippen LogP contribution in [0, 0.1) is 0 Å². The van der Waals surface area contributed by atoms with Gasteiger partial charge in [-0.05, 0) is 24.5 Å². The van der Waals surface area contributed by atoms with Crippen molar-refractivity contribution in [1.82, 2.24) is 20.3 Å². The van der Waals surface area contributed by atoms with Crippen LogP contribution in [0.25, 0.3) is 0 Å². The number of aromatic nitrogens is 3. The summed E-state index contributed by atoms with van der Waals surface area (Å²) < 4.78 is 0. The fraction of sp³-hybridized carbons (Fsp3) is 0.400. The number of fused-ring (bicyclic) bond motifs is 1. The lowest BCUT2D eigenvalue weighted by molar-refractivity contribution is 0.754. The van der Waals surface area contributed by atoms with Crippen molar-refractivity contribution in [3.63, 3.8) is 0 Å². The minimum atomic E-state index is 0.685. The smallest absolute Gasteiger partial charge is 0.133 e. The monoisotopic (exact) mass is 252 g/mol. The normalized spacial score (nSPS) is 17.5. The van der Waals surface area contributed by atoms with Crippen LogP contribution in [0.4, 0.5) is 0 Å². The summed E-state index contributed by atoms with van der Waals surface area (Å²) in [6, 6.07) is 4.05. The fourth-order valence-electron chi connectivity index (χ4n) is 2.71. The summed E-state index contributed by atoms with van der Waals surface area (Å²) in [5.74, 6) is 1.63. The molecule has 0 radical (unpaired) electrons. The van der Waals surface area contributed by atoms with E-state index >= 15 is 0 Å². The van der Waals surface area contributed by atoms with Crippen LogP contribution in [-0.2, 0) is 19.5 Å². The molecule has 2 aromatic heterocycles. The predicted octanol–water partition coefficient (Wildman–Crippen LogP) is 1.94. The maximum atomic E-state index is 4.82. The molecule has 4 heteroatoms. The zero-order chi connectivity index (χ0) is 12.7. The molecule has 0 saturated heterocycles. The largest absolute Gasteiger partial charge is 0.307 e. The van der Waals surface area contributed by atoms with Gasteiger partial charge in [0.15, 0.2) is 0 Å². The highest BCUT2D eigenvalue weighted by molar-refractivity contribution is 5.34. The Balaban J connectivity index is 1.71. The summed E-state index contributed by atoms with van der Waals surface area (Å²) in [5, 5.41) is 3.39. The number of hydrogen-bond donors (Lipinski definition) is 1. The van der Waals surface area contributed by atoms with Crippen LogP contribution in [0.15, 0.2) is 24.5 Å². The highest BCUT2D eigenvalue weighted by Crippen LogP contribution is 2.41. The van der Waals surface area contributed by atoms with Crippen LogP contribution in [-0.4, -0.2) is 15.0 Å². The quantitative estimate of drug-likeness (QED) is 0.907. The Morgan fingerprint density at radius 1 is 1.21 bits per heavy atom. The van der Waals surface area contributed by atoms with Gasteiger partial charge in [-0.25, -0.2) is 9.97 Å². The second kappa shape index (κ2) is 4.38. The highest BCUT2D eigenvalue weighted by atomic mass is 15.0. The van der Waals surface area contributed by atoms with E-state index in [1.54, 1.807) is 6.20 Å². The molecule has 1 aliphatic heterocycles. The van der Waals surface area contributed by atoms with E-state index < -0.39 is 0 Å². The van der Waals surface area contributed by atoms with Gasteiger partial charge in [0.2, 0.25) is 0 Å². The van der Waals surface area contributed by atoms with Gasteiger partial charge in [0, 0.05) is 43.4 Å². The van der Waals surface area contributed by atoms with Gasteiger partial charge in [-0.2, -0.15) is 0 Å². The van der Waals surface area contributed by atoms with Gasteiger partial charge < -0.3 is 5.32 Å². The van der Waals surface area contributed by atoms with Crippen LogP contribution in [0.2, 0.25) is 0 Å². The van der Waals surface area contributed by atoms with E-state index in [0.29, 0.717) is 5.92 Å². The number of nitrogens with one attached hydrogen (secondary N) is 1. The second-order valence-electron chi connectivity index (χ2n) is 5.37. The molecule has 4 rings (SSSR count). The van der Waals surface area contributed by atoms with Crippen molar-refractivity contribution in [2.75, 3.05) is 0 Å². The van der Waals surface area contributed by atoms with Gasteiger partial charge in [-0.3, -0.25) is 4.98 Å².